The molecule has 20 heavy (non-hydrogen) atoms. The number of hydrogen-bond donors (Lipinski definition) is 1. The maximum atomic E-state index is 9.17. The summed E-state index contributed by atoms with van der Waals surface area (Å²) in [6, 6.07) is 13.2. The summed E-state index contributed by atoms with van der Waals surface area (Å²) in [7, 11) is 3.18. The van der Waals surface area contributed by atoms with E-state index in [2.05, 4.69) is 6.07 Å². The Morgan fingerprint density at radius 1 is 1.10 bits per heavy atom. The van der Waals surface area contributed by atoms with Gasteiger partial charge < -0.3 is 15.2 Å². The maximum Gasteiger partial charge on any atom is 0.161 e. The predicted octanol–water partition coefficient (Wildman–Crippen LogP) is 3.31. The van der Waals surface area contributed by atoms with Gasteiger partial charge in [-0.1, -0.05) is 17.8 Å². The highest BCUT2D eigenvalue weighted by Gasteiger charge is 2.10. The first-order valence-electron chi connectivity index (χ1n) is 5.88. The lowest BCUT2D eigenvalue weighted by molar-refractivity contribution is 0.354. The van der Waals surface area contributed by atoms with Gasteiger partial charge in [-0.3, -0.25) is 0 Å². The molecule has 0 amide bonds. The summed E-state index contributed by atoms with van der Waals surface area (Å²) in [5, 5.41) is 9.17. The number of nitriles is 1. The van der Waals surface area contributed by atoms with E-state index < -0.39 is 0 Å². The minimum atomic E-state index is 0.484. The fraction of sp³-hybridized carbons (Fsp3) is 0.133. The quantitative estimate of drug-likeness (QED) is 0.873. The summed E-state index contributed by atoms with van der Waals surface area (Å²) in [6.45, 7) is 0. The van der Waals surface area contributed by atoms with E-state index in [0.29, 0.717) is 22.7 Å². The maximum absolute atomic E-state index is 9.17. The van der Waals surface area contributed by atoms with Crippen LogP contribution in [0.25, 0.3) is 0 Å². The van der Waals surface area contributed by atoms with Crippen molar-refractivity contribution in [3.05, 3.63) is 42.0 Å². The highest BCUT2D eigenvalue weighted by molar-refractivity contribution is 7.99. The molecule has 102 valence electrons. The standard InChI is InChI=1S/C15H14N2O2S/c1-18-13-7-6-10(8-14(13)19-2)20-15-5-3-4-12(17)11(15)9-16/h3-8H,17H2,1-2H3. The lowest BCUT2D eigenvalue weighted by atomic mass is 10.2. The predicted molar refractivity (Wildman–Crippen MR) is 79.2 cm³/mol. The van der Waals surface area contributed by atoms with E-state index in [0.717, 1.165) is 9.79 Å². The van der Waals surface area contributed by atoms with Crippen LogP contribution in [0.5, 0.6) is 11.5 Å². The Labute approximate surface area is 122 Å². The van der Waals surface area contributed by atoms with Crippen LogP contribution in [0.1, 0.15) is 5.56 Å². The number of rotatable bonds is 4. The largest absolute Gasteiger partial charge is 0.493 e. The van der Waals surface area contributed by atoms with E-state index in [9.17, 15) is 5.26 Å². The Bertz CT molecular complexity index is 665. The Hall–Kier alpha value is -2.32. The molecule has 0 saturated heterocycles. The zero-order valence-electron chi connectivity index (χ0n) is 11.2. The number of benzene rings is 2. The zero-order valence-corrected chi connectivity index (χ0v) is 12.0. The number of anilines is 1. The van der Waals surface area contributed by atoms with Gasteiger partial charge in [-0.05, 0) is 30.3 Å². The van der Waals surface area contributed by atoms with Gasteiger partial charge in [0, 0.05) is 9.79 Å². The molecule has 2 rings (SSSR count). The van der Waals surface area contributed by atoms with E-state index in [1.165, 1.54) is 11.8 Å². The van der Waals surface area contributed by atoms with Crippen molar-refractivity contribution in [2.75, 3.05) is 20.0 Å². The van der Waals surface area contributed by atoms with Crippen molar-refractivity contribution < 1.29 is 9.47 Å². The molecular weight excluding hydrogens is 272 g/mol. The molecular formula is C15H14N2O2S. The van der Waals surface area contributed by atoms with Gasteiger partial charge in [-0.2, -0.15) is 5.26 Å². The first kappa shape index (κ1) is 14.1. The van der Waals surface area contributed by atoms with E-state index in [1.807, 2.05) is 30.3 Å². The number of methoxy groups -OCH3 is 2. The molecule has 0 atom stereocenters. The number of ether oxygens (including phenoxy) is 2. The van der Waals surface area contributed by atoms with Crippen LogP contribution >= 0.6 is 11.8 Å². The van der Waals surface area contributed by atoms with Crippen LogP contribution in [-0.2, 0) is 0 Å². The number of nitrogen functional groups attached to an aromatic ring is 1. The average Bonchev–Trinajstić information content (AvgIpc) is 2.47. The number of hydrogen-bond acceptors (Lipinski definition) is 5. The molecule has 0 saturated carbocycles. The van der Waals surface area contributed by atoms with Gasteiger partial charge in [0.15, 0.2) is 11.5 Å². The molecule has 0 aromatic heterocycles. The van der Waals surface area contributed by atoms with Crippen LogP contribution in [0.2, 0.25) is 0 Å². The molecule has 0 aliphatic heterocycles. The van der Waals surface area contributed by atoms with Crippen LogP contribution in [0.15, 0.2) is 46.2 Å². The monoisotopic (exact) mass is 286 g/mol. The summed E-state index contributed by atoms with van der Waals surface area (Å²) in [4.78, 5) is 1.77. The van der Waals surface area contributed by atoms with Crippen molar-refractivity contribution in [2.24, 2.45) is 0 Å². The van der Waals surface area contributed by atoms with Gasteiger partial charge in [-0.25, -0.2) is 0 Å². The van der Waals surface area contributed by atoms with Crippen molar-refractivity contribution in [3.8, 4) is 17.6 Å². The zero-order chi connectivity index (χ0) is 14.5. The van der Waals surface area contributed by atoms with Crippen LogP contribution < -0.4 is 15.2 Å². The number of nitrogens with two attached hydrogens (primary N) is 1. The Balaban J connectivity index is 2.36. The molecule has 2 N–H and O–H groups in total. The van der Waals surface area contributed by atoms with Gasteiger partial charge in [0.2, 0.25) is 0 Å². The highest BCUT2D eigenvalue weighted by Crippen LogP contribution is 2.37. The number of nitrogens with zero attached hydrogens (tertiary/aromatic N) is 1. The Morgan fingerprint density at radius 3 is 2.50 bits per heavy atom. The molecule has 2 aromatic rings. The molecule has 2 aromatic carbocycles. The van der Waals surface area contributed by atoms with E-state index >= 15 is 0 Å². The SMILES string of the molecule is COc1ccc(Sc2cccc(N)c2C#N)cc1OC. The minimum Gasteiger partial charge on any atom is -0.493 e. The Kier molecular flexibility index (Phi) is 4.38. The van der Waals surface area contributed by atoms with Gasteiger partial charge in [0.05, 0.1) is 25.5 Å². The van der Waals surface area contributed by atoms with Crippen LogP contribution in [0, 0.1) is 11.3 Å². The highest BCUT2D eigenvalue weighted by atomic mass is 32.2. The van der Waals surface area contributed by atoms with Crippen molar-refractivity contribution >= 4 is 17.4 Å². The van der Waals surface area contributed by atoms with Gasteiger partial charge in [-0.15, -0.1) is 0 Å². The first-order chi connectivity index (χ1) is 9.69. The lowest BCUT2D eigenvalue weighted by Gasteiger charge is -2.10. The summed E-state index contributed by atoms with van der Waals surface area (Å²) >= 11 is 1.46. The molecule has 0 spiro atoms. The third-order valence-corrected chi connectivity index (χ3v) is 3.80. The second kappa shape index (κ2) is 6.22. The van der Waals surface area contributed by atoms with Crippen LogP contribution in [-0.4, -0.2) is 14.2 Å². The fourth-order valence-corrected chi connectivity index (χ4v) is 2.73. The van der Waals surface area contributed by atoms with Crippen molar-refractivity contribution in [1.82, 2.24) is 0 Å². The summed E-state index contributed by atoms with van der Waals surface area (Å²) < 4.78 is 10.5. The third-order valence-electron chi connectivity index (χ3n) is 2.75. The molecule has 0 unspecified atom stereocenters. The van der Waals surface area contributed by atoms with Gasteiger partial charge >= 0.3 is 0 Å². The average molecular weight is 286 g/mol. The van der Waals surface area contributed by atoms with E-state index in [1.54, 1.807) is 20.3 Å². The molecule has 0 aliphatic carbocycles. The third kappa shape index (κ3) is 2.81. The minimum absolute atomic E-state index is 0.484. The lowest BCUT2D eigenvalue weighted by Crippen LogP contribution is -1.92. The Morgan fingerprint density at radius 2 is 1.85 bits per heavy atom. The molecule has 0 fully saturated rings. The molecule has 0 radical (unpaired) electrons. The van der Waals surface area contributed by atoms with E-state index in [4.69, 9.17) is 15.2 Å². The van der Waals surface area contributed by atoms with Crippen molar-refractivity contribution in [1.29, 1.82) is 5.26 Å². The summed E-state index contributed by atoms with van der Waals surface area (Å²) in [6.07, 6.45) is 0. The normalized spacial score (nSPS) is 9.85. The van der Waals surface area contributed by atoms with E-state index in [-0.39, 0.29) is 0 Å². The van der Waals surface area contributed by atoms with Crippen LogP contribution in [0.3, 0.4) is 0 Å². The van der Waals surface area contributed by atoms with Crippen molar-refractivity contribution in [3.63, 3.8) is 0 Å². The summed E-state index contributed by atoms with van der Waals surface area (Å²) in [5.41, 5.74) is 6.78. The molecule has 5 heteroatoms. The smallest absolute Gasteiger partial charge is 0.161 e. The topological polar surface area (TPSA) is 68.3 Å². The first-order valence-corrected chi connectivity index (χ1v) is 6.69. The van der Waals surface area contributed by atoms with Gasteiger partial charge in [0.1, 0.15) is 6.07 Å². The molecule has 0 bridgehead atoms. The second-order valence-electron chi connectivity index (χ2n) is 3.95. The van der Waals surface area contributed by atoms with Crippen LogP contribution in [0.4, 0.5) is 5.69 Å². The van der Waals surface area contributed by atoms with Crippen molar-refractivity contribution in [2.45, 2.75) is 9.79 Å². The fourth-order valence-electron chi connectivity index (χ4n) is 1.76. The molecule has 0 heterocycles. The molecule has 0 aliphatic rings. The molecule has 4 nitrogen and oxygen atoms in total. The second-order valence-corrected chi connectivity index (χ2v) is 5.07. The van der Waals surface area contributed by atoms with Gasteiger partial charge in [0.25, 0.3) is 0 Å². The summed E-state index contributed by atoms with van der Waals surface area (Å²) in [5.74, 6) is 1.32.